The van der Waals surface area contributed by atoms with Crippen molar-refractivity contribution in [1.82, 2.24) is 4.72 Å². The topological polar surface area (TPSA) is 89.5 Å². The Morgan fingerprint density at radius 2 is 1.76 bits per heavy atom. The summed E-state index contributed by atoms with van der Waals surface area (Å²) in [6, 6.07) is 4.09. The lowest BCUT2D eigenvalue weighted by Crippen LogP contribution is -2.26. The van der Waals surface area contributed by atoms with Crippen LogP contribution in [0, 0.1) is 11.6 Å². The quantitative estimate of drug-likeness (QED) is 0.498. The first kappa shape index (κ1) is 21.6. The van der Waals surface area contributed by atoms with Crippen molar-refractivity contribution in [3.05, 3.63) is 63.1 Å². The molecule has 3 rings (SSSR count). The van der Waals surface area contributed by atoms with Gasteiger partial charge < -0.3 is 4.74 Å². The van der Waals surface area contributed by atoms with E-state index in [0.717, 1.165) is 24.3 Å². The van der Waals surface area contributed by atoms with E-state index in [-0.39, 0.29) is 26.5 Å². The van der Waals surface area contributed by atoms with Gasteiger partial charge in [-0.25, -0.2) is 26.7 Å². The van der Waals surface area contributed by atoms with Crippen LogP contribution in [0.25, 0.3) is 0 Å². The minimum atomic E-state index is -3.99. The molecule has 0 amide bonds. The van der Waals surface area contributed by atoms with Crippen LogP contribution in [0.5, 0.6) is 0 Å². The lowest BCUT2D eigenvalue weighted by Gasteiger charge is -2.11. The Labute approximate surface area is 174 Å². The lowest BCUT2D eigenvalue weighted by atomic mass is 10.1. The summed E-state index contributed by atoms with van der Waals surface area (Å²) in [6.07, 6.45) is 1.39. The van der Waals surface area contributed by atoms with Crippen molar-refractivity contribution in [2.45, 2.75) is 23.8 Å². The van der Waals surface area contributed by atoms with Gasteiger partial charge >= 0.3 is 5.97 Å². The van der Waals surface area contributed by atoms with E-state index in [2.05, 4.69) is 4.72 Å². The van der Waals surface area contributed by atoms with E-state index in [1.807, 2.05) is 0 Å². The molecule has 0 bridgehead atoms. The van der Waals surface area contributed by atoms with E-state index in [1.54, 1.807) is 0 Å². The van der Waals surface area contributed by atoms with Crippen LogP contribution < -0.4 is 4.72 Å². The molecule has 29 heavy (non-hydrogen) atoms. The number of rotatable bonds is 7. The smallest absolute Gasteiger partial charge is 0.340 e. The maximum Gasteiger partial charge on any atom is 0.340 e. The summed E-state index contributed by atoms with van der Waals surface area (Å²) >= 11 is 11.9. The number of Topliss-reactive ketones (excluding diaryl/α,β-unsaturated/α-hetero) is 1. The largest absolute Gasteiger partial charge is 0.454 e. The summed E-state index contributed by atoms with van der Waals surface area (Å²) in [4.78, 5) is 23.9. The van der Waals surface area contributed by atoms with Crippen molar-refractivity contribution >= 4 is 45.0 Å². The van der Waals surface area contributed by atoms with E-state index < -0.39 is 45.6 Å². The zero-order chi connectivity index (χ0) is 21.3. The summed E-state index contributed by atoms with van der Waals surface area (Å²) in [5, 5.41) is -0.396. The van der Waals surface area contributed by atoms with Gasteiger partial charge in [-0.15, -0.1) is 0 Å². The molecule has 0 aliphatic heterocycles. The van der Waals surface area contributed by atoms with Crippen molar-refractivity contribution < 1.29 is 31.5 Å². The van der Waals surface area contributed by atoms with E-state index in [9.17, 15) is 26.8 Å². The Morgan fingerprint density at radius 3 is 2.41 bits per heavy atom. The normalized spacial score (nSPS) is 13.9. The molecule has 0 aromatic heterocycles. The van der Waals surface area contributed by atoms with Crippen LogP contribution in [-0.2, 0) is 14.8 Å². The number of halogens is 4. The first-order valence-corrected chi connectivity index (χ1v) is 10.5. The maximum atomic E-state index is 13.6. The molecule has 0 unspecified atom stereocenters. The number of ketones is 1. The average molecular weight is 464 g/mol. The SMILES string of the molecule is O=C(COC(=O)c1cc(S(=O)(=O)NC2CC2)c(Cl)cc1Cl)c1cc(F)ccc1F. The summed E-state index contributed by atoms with van der Waals surface area (Å²) < 4.78 is 58.8. The molecular weight excluding hydrogens is 451 g/mol. The van der Waals surface area contributed by atoms with Gasteiger partial charge in [-0.05, 0) is 43.2 Å². The first-order chi connectivity index (χ1) is 13.6. The summed E-state index contributed by atoms with van der Waals surface area (Å²) in [6.45, 7) is -0.902. The standard InChI is InChI=1S/C18H13Cl2F2NO5S/c19-13-7-14(20)17(29(26,27)23-10-2-3-10)6-11(13)18(25)28-8-16(24)12-5-9(21)1-4-15(12)22/h1,4-7,10,23H,2-3,8H2. The van der Waals surface area contributed by atoms with Crippen molar-refractivity contribution in [2.24, 2.45) is 0 Å². The predicted molar refractivity (Wildman–Crippen MR) is 101 cm³/mol. The van der Waals surface area contributed by atoms with Gasteiger partial charge in [-0.2, -0.15) is 0 Å². The molecule has 1 fully saturated rings. The molecule has 0 radical (unpaired) electrons. The van der Waals surface area contributed by atoms with Gasteiger partial charge in [-0.1, -0.05) is 23.2 Å². The number of nitrogens with one attached hydrogen (secondary N) is 1. The number of hydrogen-bond donors (Lipinski definition) is 1. The highest BCUT2D eigenvalue weighted by atomic mass is 35.5. The molecule has 0 heterocycles. The number of carbonyl (C=O) groups is 2. The fourth-order valence-corrected chi connectivity index (χ4v) is 4.53. The number of ether oxygens (including phenoxy) is 1. The van der Waals surface area contributed by atoms with Crippen LogP contribution in [0.2, 0.25) is 10.0 Å². The average Bonchev–Trinajstić information content (AvgIpc) is 3.44. The highest BCUT2D eigenvalue weighted by Gasteiger charge is 2.30. The third kappa shape index (κ3) is 5.11. The fourth-order valence-electron chi connectivity index (χ4n) is 2.37. The van der Waals surface area contributed by atoms with Crippen molar-refractivity contribution in [3.63, 3.8) is 0 Å². The zero-order valence-electron chi connectivity index (χ0n) is 14.5. The maximum absolute atomic E-state index is 13.6. The Kier molecular flexibility index (Phi) is 6.23. The molecule has 0 atom stereocenters. The van der Waals surface area contributed by atoms with E-state index >= 15 is 0 Å². The van der Waals surface area contributed by atoms with Gasteiger partial charge in [-0.3, -0.25) is 4.79 Å². The second-order valence-electron chi connectivity index (χ2n) is 6.28. The van der Waals surface area contributed by atoms with E-state index in [1.165, 1.54) is 0 Å². The molecule has 154 valence electrons. The molecule has 11 heteroatoms. The second kappa shape index (κ2) is 8.35. The van der Waals surface area contributed by atoms with Crippen LogP contribution in [-0.4, -0.2) is 32.8 Å². The van der Waals surface area contributed by atoms with Gasteiger partial charge in [0.15, 0.2) is 6.61 Å². The van der Waals surface area contributed by atoms with Crippen LogP contribution >= 0.6 is 23.2 Å². The molecule has 1 N–H and O–H groups in total. The highest BCUT2D eigenvalue weighted by molar-refractivity contribution is 7.89. The third-order valence-electron chi connectivity index (χ3n) is 3.99. The summed E-state index contributed by atoms with van der Waals surface area (Å²) in [5.41, 5.74) is -0.934. The van der Waals surface area contributed by atoms with Crippen LogP contribution in [0.3, 0.4) is 0 Å². The Bertz CT molecular complexity index is 1100. The molecule has 0 spiro atoms. The molecule has 1 saturated carbocycles. The van der Waals surface area contributed by atoms with Crippen molar-refractivity contribution in [3.8, 4) is 0 Å². The number of sulfonamides is 1. The van der Waals surface area contributed by atoms with E-state index in [0.29, 0.717) is 18.9 Å². The number of carbonyl (C=O) groups excluding carboxylic acids is 2. The van der Waals surface area contributed by atoms with Crippen LogP contribution in [0.15, 0.2) is 35.2 Å². The molecule has 0 saturated heterocycles. The molecule has 6 nitrogen and oxygen atoms in total. The third-order valence-corrected chi connectivity index (χ3v) is 6.29. The first-order valence-electron chi connectivity index (χ1n) is 8.25. The Hall–Kier alpha value is -2.07. The molecule has 2 aromatic carbocycles. The number of esters is 1. The van der Waals surface area contributed by atoms with Gasteiger partial charge in [0.1, 0.15) is 16.5 Å². The van der Waals surface area contributed by atoms with Gasteiger partial charge in [0.2, 0.25) is 15.8 Å². The van der Waals surface area contributed by atoms with Crippen molar-refractivity contribution in [1.29, 1.82) is 0 Å². The van der Waals surface area contributed by atoms with Gasteiger partial charge in [0, 0.05) is 6.04 Å². The number of benzene rings is 2. The van der Waals surface area contributed by atoms with Crippen LogP contribution in [0.4, 0.5) is 8.78 Å². The van der Waals surface area contributed by atoms with Crippen molar-refractivity contribution in [2.75, 3.05) is 6.61 Å². The van der Waals surface area contributed by atoms with Gasteiger partial charge in [0.25, 0.3) is 0 Å². The second-order valence-corrected chi connectivity index (χ2v) is 8.78. The molecular formula is C18H13Cl2F2NO5S. The Morgan fingerprint density at radius 1 is 1.07 bits per heavy atom. The van der Waals surface area contributed by atoms with E-state index in [4.69, 9.17) is 27.9 Å². The minimum absolute atomic E-state index is 0.194. The number of hydrogen-bond acceptors (Lipinski definition) is 5. The molecule has 1 aliphatic rings. The molecule has 1 aliphatic carbocycles. The highest BCUT2D eigenvalue weighted by Crippen LogP contribution is 2.31. The summed E-state index contributed by atoms with van der Waals surface area (Å²) in [5.74, 6) is -3.92. The molecule has 2 aromatic rings. The van der Waals surface area contributed by atoms with Crippen LogP contribution in [0.1, 0.15) is 33.6 Å². The Balaban J connectivity index is 1.79. The fraction of sp³-hybridized carbons (Fsp3) is 0.222. The monoisotopic (exact) mass is 463 g/mol. The lowest BCUT2D eigenvalue weighted by molar-refractivity contribution is 0.0473. The minimum Gasteiger partial charge on any atom is -0.454 e. The van der Waals surface area contributed by atoms with Gasteiger partial charge in [0.05, 0.1) is 21.2 Å². The zero-order valence-corrected chi connectivity index (χ0v) is 16.9. The summed E-state index contributed by atoms with van der Waals surface area (Å²) in [7, 11) is -3.99. The predicted octanol–water partition coefficient (Wildman–Crippen LogP) is 3.75.